The van der Waals surface area contributed by atoms with Crippen LogP contribution in [0.5, 0.6) is 0 Å². The molecular formula is C14H10N4O. The molecule has 0 amide bonds. The van der Waals surface area contributed by atoms with E-state index < -0.39 is 0 Å². The van der Waals surface area contributed by atoms with Crippen molar-refractivity contribution in [2.75, 3.05) is 0 Å². The van der Waals surface area contributed by atoms with Crippen LogP contribution < -0.4 is 0 Å². The smallest absolute Gasteiger partial charge is 0.167 e. The summed E-state index contributed by atoms with van der Waals surface area (Å²) in [6, 6.07) is 13.6. The Hall–Kier alpha value is -2.87. The summed E-state index contributed by atoms with van der Waals surface area (Å²) in [5.74, 6) is 1.31. The van der Waals surface area contributed by atoms with Gasteiger partial charge in [0.05, 0.1) is 6.07 Å². The Morgan fingerprint density at radius 1 is 1.26 bits per heavy atom. The highest BCUT2D eigenvalue weighted by molar-refractivity contribution is 5.63. The fraction of sp³-hybridized carbons (Fsp3) is 0.0714. The first kappa shape index (κ1) is 11.2. The van der Waals surface area contributed by atoms with Gasteiger partial charge in [-0.3, -0.25) is 0 Å². The molecule has 5 nitrogen and oxygen atoms in total. The predicted molar refractivity (Wildman–Crippen MR) is 68.8 cm³/mol. The molecule has 19 heavy (non-hydrogen) atoms. The topological polar surface area (TPSA) is 67.6 Å². The van der Waals surface area contributed by atoms with Crippen LogP contribution in [0.2, 0.25) is 0 Å². The Labute approximate surface area is 109 Å². The number of aromatic nitrogens is 3. The molecule has 0 spiro atoms. The minimum absolute atomic E-state index is 0.239. The second-order valence-electron chi connectivity index (χ2n) is 3.98. The zero-order chi connectivity index (χ0) is 13.1. The summed E-state index contributed by atoms with van der Waals surface area (Å²) >= 11 is 0. The van der Waals surface area contributed by atoms with Crippen LogP contribution in [0.4, 0.5) is 0 Å². The van der Waals surface area contributed by atoms with Crippen molar-refractivity contribution in [2.24, 2.45) is 0 Å². The van der Waals surface area contributed by atoms with Crippen LogP contribution in [0, 0.1) is 11.3 Å². The molecule has 3 rings (SSSR count). The molecule has 0 N–H and O–H groups in total. The lowest BCUT2D eigenvalue weighted by molar-refractivity contribution is 0.434. The van der Waals surface area contributed by atoms with Crippen LogP contribution in [0.15, 0.2) is 53.3 Å². The lowest BCUT2D eigenvalue weighted by Gasteiger charge is -1.97. The Morgan fingerprint density at radius 3 is 2.89 bits per heavy atom. The van der Waals surface area contributed by atoms with E-state index in [1.807, 2.05) is 36.4 Å². The lowest BCUT2D eigenvalue weighted by Crippen LogP contribution is -1.97. The van der Waals surface area contributed by atoms with Gasteiger partial charge < -0.3 is 9.09 Å². The maximum absolute atomic E-state index is 8.75. The van der Waals surface area contributed by atoms with Crippen LogP contribution in [-0.4, -0.2) is 14.7 Å². The van der Waals surface area contributed by atoms with Crippen LogP contribution in [0.1, 0.15) is 0 Å². The highest BCUT2D eigenvalue weighted by atomic mass is 16.5. The van der Waals surface area contributed by atoms with E-state index in [2.05, 4.69) is 16.2 Å². The van der Waals surface area contributed by atoms with Crippen LogP contribution in [-0.2, 0) is 6.54 Å². The van der Waals surface area contributed by atoms with E-state index in [-0.39, 0.29) is 6.54 Å². The molecule has 0 saturated heterocycles. The van der Waals surface area contributed by atoms with E-state index in [9.17, 15) is 0 Å². The van der Waals surface area contributed by atoms with Gasteiger partial charge in [-0.15, -0.1) is 0 Å². The monoisotopic (exact) mass is 250 g/mol. The first-order valence-corrected chi connectivity index (χ1v) is 5.79. The van der Waals surface area contributed by atoms with Crippen LogP contribution in [0.3, 0.4) is 0 Å². The molecule has 5 heteroatoms. The quantitative estimate of drug-likeness (QED) is 0.716. The summed E-state index contributed by atoms with van der Waals surface area (Å²) < 4.78 is 7.05. The maximum Gasteiger partial charge on any atom is 0.167 e. The fourth-order valence-corrected chi connectivity index (χ4v) is 1.87. The summed E-state index contributed by atoms with van der Waals surface area (Å²) in [5, 5.41) is 12.8. The van der Waals surface area contributed by atoms with Gasteiger partial charge in [-0.25, -0.2) is 4.98 Å². The Balaban J connectivity index is 1.98. The first-order chi connectivity index (χ1) is 9.38. The third-order valence-electron chi connectivity index (χ3n) is 2.75. The third kappa shape index (κ3) is 2.11. The summed E-state index contributed by atoms with van der Waals surface area (Å²) in [5.41, 5.74) is 1.58. The zero-order valence-electron chi connectivity index (χ0n) is 10.0. The largest absolute Gasteiger partial charge is 0.356 e. The SMILES string of the molecule is N#CCn1ccnc1-c1cc(-c2ccccc2)on1. The molecule has 0 aliphatic carbocycles. The van der Waals surface area contributed by atoms with Gasteiger partial charge in [0.2, 0.25) is 0 Å². The summed E-state index contributed by atoms with van der Waals surface area (Å²) in [6.07, 6.45) is 3.39. The second-order valence-corrected chi connectivity index (χ2v) is 3.98. The number of benzene rings is 1. The maximum atomic E-state index is 8.75. The van der Waals surface area contributed by atoms with E-state index in [1.54, 1.807) is 17.0 Å². The zero-order valence-corrected chi connectivity index (χ0v) is 10.0. The molecule has 3 aromatic rings. The molecule has 92 valence electrons. The molecular weight excluding hydrogens is 240 g/mol. The lowest BCUT2D eigenvalue weighted by atomic mass is 10.1. The highest BCUT2D eigenvalue weighted by Gasteiger charge is 2.12. The molecule has 1 aromatic carbocycles. The number of nitrogens with zero attached hydrogens (tertiary/aromatic N) is 4. The van der Waals surface area contributed by atoms with E-state index in [1.165, 1.54) is 0 Å². The van der Waals surface area contributed by atoms with Crippen molar-refractivity contribution in [3.05, 3.63) is 48.8 Å². The first-order valence-electron chi connectivity index (χ1n) is 5.79. The highest BCUT2D eigenvalue weighted by Crippen LogP contribution is 2.24. The molecule has 0 bridgehead atoms. The summed E-state index contributed by atoms with van der Waals surface area (Å²) in [4.78, 5) is 4.20. The Bertz CT molecular complexity index is 721. The Kier molecular flexibility index (Phi) is 2.83. The average Bonchev–Trinajstić information content (AvgIpc) is 3.08. The Morgan fingerprint density at radius 2 is 2.11 bits per heavy atom. The predicted octanol–water partition coefficient (Wildman–Crippen LogP) is 2.73. The van der Waals surface area contributed by atoms with Crippen molar-refractivity contribution in [1.29, 1.82) is 5.26 Å². The van der Waals surface area contributed by atoms with E-state index >= 15 is 0 Å². The number of rotatable bonds is 3. The fourth-order valence-electron chi connectivity index (χ4n) is 1.87. The summed E-state index contributed by atoms with van der Waals surface area (Å²) in [6.45, 7) is 0.239. The van der Waals surface area contributed by atoms with Gasteiger partial charge in [0.15, 0.2) is 11.6 Å². The molecule has 0 aliphatic rings. The van der Waals surface area contributed by atoms with Crippen molar-refractivity contribution in [1.82, 2.24) is 14.7 Å². The molecule has 0 radical (unpaired) electrons. The van der Waals surface area contributed by atoms with Gasteiger partial charge in [-0.05, 0) is 0 Å². The van der Waals surface area contributed by atoms with Crippen molar-refractivity contribution < 1.29 is 4.52 Å². The van der Waals surface area contributed by atoms with Gasteiger partial charge in [0.25, 0.3) is 0 Å². The number of hydrogen-bond donors (Lipinski definition) is 0. The summed E-state index contributed by atoms with van der Waals surface area (Å²) in [7, 11) is 0. The molecule has 0 fully saturated rings. The molecule has 0 unspecified atom stereocenters. The molecule has 0 atom stereocenters. The van der Waals surface area contributed by atoms with Crippen LogP contribution in [0.25, 0.3) is 22.8 Å². The number of imidazole rings is 1. The van der Waals surface area contributed by atoms with Gasteiger partial charge in [0.1, 0.15) is 12.2 Å². The van der Waals surface area contributed by atoms with E-state index in [0.717, 1.165) is 5.56 Å². The number of nitriles is 1. The van der Waals surface area contributed by atoms with Crippen molar-refractivity contribution in [2.45, 2.75) is 6.54 Å². The molecule has 2 heterocycles. The minimum Gasteiger partial charge on any atom is -0.356 e. The van der Waals surface area contributed by atoms with Gasteiger partial charge >= 0.3 is 0 Å². The van der Waals surface area contributed by atoms with Gasteiger partial charge in [-0.2, -0.15) is 5.26 Å². The standard InChI is InChI=1S/C14H10N4O/c15-6-8-18-9-7-16-14(18)12-10-13(19-17-12)11-4-2-1-3-5-11/h1-5,7,9-10H,8H2. The normalized spacial score (nSPS) is 10.3. The molecule has 0 saturated carbocycles. The van der Waals surface area contributed by atoms with Gasteiger partial charge in [0, 0.05) is 24.0 Å². The van der Waals surface area contributed by atoms with Crippen molar-refractivity contribution in [3.8, 4) is 28.9 Å². The average molecular weight is 250 g/mol. The second kappa shape index (κ2) is 4.78. The van der Waals surface area contributed by atoms with Crippen LogP contribution >= 0.6 is 0 Å². The van der Waals surface area contributed by atoms with Crippen molar-refractivity contribution in [3.63, 3.8) is 0 Å². The van der Waals surface area contributed by atoms with Crippen molar-refractivity contribution >= 4 is 0 Å². The molecule has 0 aliphatic heterocycles. The number of hydrogen-bond acceptors (Lipinski definition) is 4. The molecule has 2 aromatic heterocycles. The van der Waals surface area contributed by atoms with E-state index in [4.69, 9.17) is 9.78 Å². The third-order valence-corrected chi connectivity index (χ3v) is 2.75. The van der Waals surface area contributed by atoms with Gasteiger partial charge in [-0.1, -0.05) is 35.5 Å². The van der Waals surface area contributed by atoms with E-state index in [0.29, 0.717) is 17.3 Å². The minimum atomic E-state index is 0.239.